The third kappa shape index (κ3) is 5.11. The summed E-state index contributed by atoms with van der Waals surface area (Å²) in [5, 5.41) is 6.24. The highest BCUT2D eigenvalue weighted by Gasteiger charge is 2.15. The summed E-state index contributed by atoms with van der Waals surface area (Å²) in [6, 6.07) is 9.63. The number of hydrogen-bond donors (Lipinski definition) is 2. The van der Waals surface area contributed by atoms with Crippen LogP contribution in [-0.2, 0) is 4.79 Å². The molecule has 7 heteroatoms. The van der Waals surface area contributed by atoms with E-state index in [1.165, 1.54) is 13.2 Å². The Labute approximate surface area is 156 Å². The molecule has 0 fully saturated rings. The number of methoxy groups -OCH3 is 1. The van der Waals surface area contributed by atoms with E-state index < -0.39 is 5.91 Å². The summed E-state index contributed by atoms with van der Waals surface area (Å²) in [5.41, 5.74) is 1.21. The van der Waals surface area contributed by atoms with Crippen LogP contribution in [0.15, 0.2) is 36.4 Å². The standard InChI is InChI=1S/C18H18Cl2N2O3/c1-3-4-17(23)21-12-6-7-14(20)15(10-12)22-18(24)13-9-11(19)5-8-16(13)25-2/h5-10H,3-4H2,1-2H3,(H,21,23)(H,22,24). The maximum atomic E-state index is 12.5. The van der Waals surface area contributed by atoms with Crippen molar-refractivity contribution in [3.05, 3.63) is 52.0 Å². The first-order chi connectivity index (χ1) is 11.9. The fourth-order valence-electron chi connectivity index (χ4n) is 2.20. The molecule has 0 saturated heterocycles. The molecule has 2 N–H and O–H groups in total. The normalized spacial score (nSPS) is 10.2. The predicted molar refractivity (Wildman–Crippen MR) is 101 cm³/mol. The molecular formula is C18H18Cl2N2O3. The lowest BCUT2D eigenvalue weighted by Crippen LogP contribution is -2.15. The fraction of sp³-hybridized carbons (Fsp3) is 0.222. The number of carbonyl (C=O) groups excluding carboxylic acids is 2. The van der Waals surface area contributed by atoms with Crippen molar-refractivity contribution < 1.29 is 14.3 Å². The number of amides is 2. The van der Waals surface area contributed by atoms with Crippen LogP contribution in [0.3, 0.4) is 0 Å². The average Bonchev–Trinajstić information content (AvgIpc) is 2.58. The van der Waals surface area contributed by atoms with Crippen molar-refractivity contribution in [1.29, 1.82) is 0 Å². The lowest BCUT2D eigenvalue weighted by molar-refractivity contribution is -0.116. The second-order valence-electron chi connectivity index (χ2n) is 5.29. The van der Waals surface area contributed by atoms with Crippen molar-refractivity contribution >= 4 is 46.4 Å². The molecule has 0 radical (unpaired) electrons. The molecule has 0 atom stereocenters. The lowest BCUT2D eigenvalue weighted by atomic mass is 10.1. The number of rotatable bonds is 6. The summed E-state index contributed by atoms with van der Waals surface area (Å²) >= 11 is 12.1. The average molecular weight is 381 g/mol. The molecule has 0 saturated carbocycles. The second-order valence-corrected chi connectivity index (χ2v) is 6.14. The Kier molecular flexibility index (Phi) is 6.67. The monoisotopic (exact) mass is 380 g/mol. The van der Waals surface area contributed by atoms with Crippen molar-refractivity contribution in [2.24, 2.45) is 0 Å². The van der Waals surface area contributed by atoms with Gasteiger partial charge in [-0.2, -0.15) is 0 Å². The number of nitrogens with one attached hydrogen (secondary N) is 2. The van der Waals surface area contributed by atoms with Gasteiger partial charge in [-0.3, -0.25) is 9.59 Å². The quantitative estimate of drug-likeness (QED) is 0.741. The van der Waals surface area contributed by atoms with Gasteiger partial charge in [-0.25, -0.2) is 0 Å². The van der Waals surface area contributed by atoms with E-state index in [0.717, 1.165) is 6.42 Å². The number of benzene rings is 2. The van der Waals surface area contributed by atoms with Gasteiger partial charge in [0.1, 0.15) is 5.75 Å². The summed E-state index contributed by atoms with van der Waals surface area (Å²) in [5.74, 6) is -0.123. The highest BCUT2D eigenvalue weighted by Crippen LogP contribution is 2.28. The zero-order valence-corrected chi connectivity index (χ0v) is 15.4. The number of ether oxygens (including phenoxy) is 1. The Morgan fingerprint density at radius 3 is 2.52 bits per heavy atom. The van der Waals surface area contributed by atoms with Gasteiger partial charge in [0.2, 0.25) is 5.91 Å². The highest BCUT2D eigenvalue weighted by molar-refractivity contribution is 6.34. The maximum absolute atomic E-state index is 12.5. The van der Waals surface area contributed by atoms with Crippen molar-refractivity contribution in [3.63, 3.8) is 0 Å². The van der Waals surface area contributed by atoms with Crippen LogP contribution < -0.4 is 15.4 Å². The van der Waals surface area contributed by atoms with Crippen molar-refractivity contribution in [2.45, 2.75) is 19.8 Å². The molecule has 0 spiro atoms. The molecule has 0 unspecified atom stereocenters. The van der Waals surface area contributed by atoms with Gasteiger partial charge >= 0.3 is 0 Å². The summed E-state index contributed by atoms with van der Waals surface area (Å²) in [4.78, 5) is 24.2. The molecule has 5 nitrogen and oxygen atoms in total. The summed E-state index contributed by atoms with van der Waals surface area (Å²) in [7, 11) is 1.47. The maximum Gasteiger partial charge on any atom is 0.259 e. The molecule has 2 rings (SSSR count). The third-order valence-electron chi connectivity index (χ3n) is 3.38. The van der Waals surface area contributed by atoms with E-state index in [4.69, 9.17) is 27.9 Å². The molecule has 0 bridgehead atoms. The molecule has 25 heavy (non-hydrogen) atoms. The van der Waals surface area contributed by atoms with Crippen molar-refractivity contribution in [2.75, 3.05) is 17.7 Å². The molecule has 0 aliphatic rings. The van der Waals surface area contributed by atoms with Gasteiger partial charge in [-0.1, -0.05) is 30.1 Å². The van der Waals surface area contributed by atoms with Crippen LogP contribution in [0, 0.1) is 0 Å². The van der Waals surface area contributed by atoms with E-state index in [2.05, 4.69) is 10.6 Å². The van der Waals surface area contributed by atoms with Gasteiger partial charge in [0, 0.05) is 17.1 Å². The predicted octanol–water partition coefficient (Wildman–Crippen LogP) is 4.99. The number of hydrogen-bond acceptors (Lipinski definition) is 3. The van der Waals surface area contributed by atoms with E-state index >= 15 is 0 Å². The molecule has 132 valence electrons. The molecule has 0 heterocycles. The van der Waals surface area contributed by atoms with Crippen LogP contribution in [0.25, 0.3) is 0 Å². The Morgan fingerprint density at radius 1 is 1.08 bits per heavy atom. The van der Waals surface area contributed by atoms with Gasteiger partial charge in [0.15, 0.2) is 0 Å². The Balaban J connectivity index is 2.23. The smallest absolute Gasteiger partial charge is 0.259 e. The largest absolute Gasteiger partial charge is 0.496 e. The van der Waals surface area contributed by atoms with Crippen LogP contribution in [0.2, 0.25) is 10.0 Å². The Bertz CT molecular complexity index is 794. The SMILES string of the molecule is CCCC(=O)Nc1ccc(Cl)c(NC(=O)c2cc(Cl)ccc2OC)c1. The first-order valence-electron chi connectivity index (χ1n) is 7.69. The van der Waals surface area contributed by atoms with E-state index in [1.807, 2.05) is 6.92 Å². The van der Waals surface area contributed by atoms with Crippen LogP contribution in [0.1, 0.15) is 30.1 Å². The zero-order valence-electron chi connectivity index (χ0n) is 13.9. The molecular weight excluding hydrogens is 363 g/mol. The van der Waals surface area contributed by atoms with Gasteiger partial charge < -0.3 is 15.4 Å². The van der Waals surface area contributed by atoms with E-state index in [9.17, 15) is 9.59 Å². The van der Waals surface area contributed by atoms with Crippen LogP contribution in [-0.4, -0.2) is 18.9 Å². The minimum Gasteiger partial charge on any atom is -0.496 e. The third-order valence-corrected chi connectivity index (χ3v) is 3.95. The molecule has 0 aromatic heterocycles. The summed E-state index contributed by atoms with van der Waals surface area (Å²) in [6.45, 7) is 1.92. The van der Waals surface area contributed by atoms with E-state index in [0.29, 0.717) is 33.6 Å². The van der Waals surface area contributed by atoms with Crippen molar-refractivity contribution in [1.82, 2.24) is 0 Å². The van der Waals surface area contributed by atoms with Gasteiger partial charge in [-0.05, 0) is 42.8 Å². The lowest BCUT2D eigenvalue weighted by Gasteiger charge is -2.12. The minimum absolute atomic E-state index is 0.0985. The van der Waals surface area contributed by atoms with Gasteiger partial charge in [-0.15, -0.1) is 0 Å². The zero-order chi connectivity index (χ0) is 18.4. The van der Waals surface area contributed by atoms with Crippen molar-refractivity contribution in [3.8, 4) is 5.75 Å². The number of halogens is 2. The van der Waals surface area contributed by atoms with E-state index in [-0.39, 0.29) is 11.5 Å². The van der Waals surface area contributed by atoms with Crippen LogP contribution in [0.5, 0.6) is 5.75 Å². The van der Waals surface area contributed by atoms with Gasteiger partial charge in [0.25, 0.3) is 5.91 Å². The molecule has 0 aliphatic heterocycles. The Hall–Kier alpha value is -2.24. The Morgan fingerprint density at radius 2 is 1.84 bits per heavy atom. The summed E-state index contributed by atoms with van der Waals surface area (Å²) < 4.78 is 5.18. The number of anilines is 2. The first-order valence-corrected chi connectivity index (χ1v) is 8.44. The topological polar surface area (TPSA) is 67.4 Å². The van der Waals surface area contributed by atoms with Crippen LogP contribution in [0.4, 0.5) is 11.4 Å². The fourth-order valence-corrected chi connectivity index (χ4v) is 2.53. The van der Waals surface area contributed by atoms with Crippen LogP contribution >= 0.6 is 23.2 Å². The minimum atomic E-state index is -0.418. The molecule has 0 aliphatic carbocycles. The molecule has 2 aromatic carbocycles. The second kappa shape index (κ2) is 8.74. The summed E-state index contributed by atoms with van der Waals surface area (Å²) in [6.07, 6.45) is 1.17. The highest BCUT2D eigenvalue weighted by atomic mass is 35.5. The van der Waals surface area contributed by atoms with E-state index in [1.54, 1.807) is 30.3 Å². The van der Waals surface area contributed by atoms with Gasteiger partial charge in [0.05, 0.1) is 23.4 Å². The first kappa shape index (κ1) is 19.1. The molecule has 2 aromatic rings. The molecule has 2 amide bonds. The number of carbonyl (C=O) groups is 2.